The lowest BCUT2D eigenvalue weighted by Crippen LogP contribution is -2.38. The van der Waals surface area contributed by atoms with Gasteiger partial charge in [0.2, 0.25) is 5.24 Å². The largest absolute Gasteiger partial charge is 0.327 e. The van der Waals surface area contributed by atoms with E-state index in [0.717, 1.165) is 6.42 Å². The highest BCUT2D eigenvalue weighted by molar-refractivity contribution is 7.12. The molecule has 2 heterocycles. The monoisotopic (exact) mass is 243 g/mol. The molecule has 2 rings (SSSR count). The lowest BCUT2D eigenvalue weighted by atomic mass is 10.2. The number of likely N-dealkylation sites (tertiary alicyclic amines) is 1. The van der Waals surface area contributed by atoms with E-state index in [4.69, 9.17) is 11.6 Å². The molecule has 0 radical (unpaired) electrons. The Balaban J connectivity index is 2.17. The Labute approximate surface area is 96.6 Å². The summed E-state index contributed by atoms with van der Waals surface area (Å²) in [6.45, 7) is 0.625. The molecule has 0 aliphatic carbocycles. The fourth-order valence-electron chi connectivity index (χ4n) is 1.79. The third kappa shape index (κ3) is 2.06. The van der Waals surface area contributed by atoms with Gasteiger partial charge in [-0.3, -0.25) is 9.59 Å². The molecule has 1 amide bonds. The van der Waals surface area contributed by atoms with Gasteiger partial charge in [0.1, 0.15) is 6.04 Å². The molecule has 1 saturated heterocycles. The molecule has 0 saturated carbocycles. The number of carbonyl (C=O) groups is 2. The predicted octanol–water partition coefficient (Wildman–Crippen LogP) is 2.12. The van der Waals surface area contributed by atoms with Gasteiger partial charge in [0.25, 0.3) is 5.91 Å². The van der Waals surface area contributed by atoms with Crippen molar-refractivity contribution >= 4 is 34.1 Å². The smallest absolute Gasteiger partial charge is 0.264 e. The van der Waals surface area contributed by atoms with E-state index in [2.05, 4.69) is 0 Å². The second-order valence-corrected chi connectivity index (χ2v) is 4.76. The minimum Gasteiger partial charge on any atom is -0.327 e. The van der Waals surface area contributed by atoms with E-state index >= 15 is 0 Å². The summed E-state index contributed by atoms with van der Waals surface area (Å²) in [6.07, 6.45) is 1.53. The SMILES string of the molecule is O=C(Cl)C1CCCN1C(=O)c1cccs1. The maximum absolute atomic E-state index is 11.9. The van der Waals surface area contributed by atoms with Crippen molar-refractivity contribution < 1.29 is 9.59 Å². The molecule has 1 aromatic heterocycles. The maximum Gasteiger partial charge on any atom is 0.264 e. The highest BCUT2D eigenvalue weighted by Gasteiger charge is 2.33. The van der Waals surface area contributed by atoms with E-state index in [0.29, 0.717) is 17.8 Å². The van der Waals surface area contributed by atoms with E-state index in [1.807, 2.05) is 11.4 Å². The summed E-state index contributed by atoms with van der Waals surface area (Å²) in [5.41, 5.74) is 0. The third-order valence-electron chi connectivity index (χ3n) is 2.51. The van der Waals surface area contributed by atoms with Crippen LogP contribution in [0.5, 0.6) is 0 Å². The van der Waals surface area contributed by atoms with Gasteiger partial charge in [0.15, 0.2) is 0 Å². The van der Waals surface area contributed by atoms with E-state index in [-0.39, 0.29) is 5.91 Å². The molecular formula is C10H10ClNO2S. The lowest BCUT2D eigenvalue weighted by molar-refractivity contribution is -0.115. The van der Waals surface area contributed by atoms with Gasteiger partial charge in [-0.2, -0.15) is 0 Å². The Bertz CT molecular complexity index is 377. The molecule has 1 aromatic rings. The molecule has 0 bridgehead atoms. The molecule has 15 heavy (non-hydrogen) atoms. The summed E-state index contributed by atoms with van der Waals surface area (Å²) in [6, 6.07) is 3.16. The van der Waals surface area contributed by atoms with Crippen LogP contribution >= 0.6 is 22.9 Å². The number of hydrogen-bond acceptors (Lipinski definition) is 3. The fourth-order valence-corrected chi connectivity index (χ4v) is 2.69. The van der Waals surface area contributed by atoms with Gasteiger partial charge >= 0.3 is 0 Å². The van der Waals surface area contributed by atoms with Gasteiger partial charge in [-0.05, 0) is 35.9 Å². The molecule has 3 nitrogen and oxygen atoms in total. The Morgan fingerprint density at radius 1 is 1.53 bits per heavy atom. The second kappa shape index (κ2) is 4.33. The Morgan fingerprint density at radius 2 is 2.33 bits per heavy atom. The number of nitrogens with zero attached hydrogens (tertiary/aromatic N) is 1. The average Bonchev–Trinajstić information content (AvgIpc) is 2.88. The summed E-state index contributed by atoms with van der Waals surface area (Å²) in [5, 5.41) is 1.42. The zero-order chi connectivity index (χ0) is 10.8. The van der Waals surface area contributed by atoms with Crippen LogP contribution < -0.4 is 0 Å². The van der Waals surface area contributed by atoms with Gasteiger partial charge in [-0.25, -0.2) is 0 Å². The van der Waals surface area contributed by atoms with Crippen LogP contribution in [0.15, 0.2) is 17.5 Å². The summed E-state index contributed by atoms with van der Waals surface area (Å²) in [5.74, 6) is -0.0819. The first-order chi connectivity index (χ1) is 7.20. The number of rotatable bonds is 2. The summed E-state index contributed by atoms with van der Waals surface area (Å²) in [4.78, 5) is 25.3. The molecule has 0 aromatic carbocycles. The highest BCUT2D eigenvalue weighted by atomic mass is 35.5. The quantitative estimate of drug-likeness (QED) is 0.747. The minimum absolute atomic E-state index is 0.0819. The number of carbonyl (C=O) groups excluding carboxylic acids is 2. The predicted molar refractivity (Wildman–Crippen MR) is 59.2 cm³/mol. The van der Waals surface area contributed by atoms with Crippen LogP contribution in [0.25, 0.3) is 0 Å². The normalized spacial score (nSPS) is 20.6. The molecule has 0 spiro atoms. The molecule has 1 aliphatic heterocycles. The summed E-state index contributed by atoms with van der Waals surface area (Å²) in [7, 11) is 0. The Kier molecular flexibility index (Phi) is 3.07. The molecule has 1 aliphatic rings. The summed E-state index contributed by atoms with van der Waals surface area (Å²) >= 11 is 6.84. The van der Waals surface area contributed by atoms with Crippen molar-refractivity contribution in [3.05, 3.63) is 22.4 Å². The topological polar surface area (TPSA) is 37.4 Å². The van der Waals surface area contributed by atoms with Gasteiger partial charge in [-0.15, -0.1) is 11.3 Å². The number of amides is 1. The van der Waals surface area contributed by atoms with E-state index in [1.165, 1.54) is 11.3 Å². The van der Waals surface area contributed by atoms with Crippen molar-refractivity contribution in [3.63, 3.8) is 0 Å². The fraction of sp³-hybridized carbons (Fsp3) is 0.400. The van der Waals surface area contributed by atoms with Crippen LogP contribution in [0.2, 0.25) is 0 Å². The molecule has 5 heteroatoms. The van der Waals surface area contributed by atoms with E-state index in [1.54, 1.807) is 11.0 Å². The summed E-state index contributed by atoms with van der Waals surface area (Å²) < 4.78 is 0. The van der Waals surface area contributed by atoms with Crippen molar-refractivity contribution in [2.24, 2.45) is 0 Å². The second-order valence-electron chi connectivity index (χ2n) is 3.44. The van der Waals surface area contributed by atoms with Crippen molar-refractivity contribution in [1.29, 1.82) is 0 Å². The molecular weight excluding hydrogens is 234 g/mol. The number of halogens is 1. The van der Waals surface area contributed by atoms with Crippen LogP contribution in [-0.4, -0.2) is 28.6 Å². The third-order valence-corrected chi connectivity index (χ3v) is 3.62. The van der Waals surface area contributed by atoms with Crippen LogP contribution in [0.3, 0.4) is 0 Å². The van der Waals surface area contributed by atoms with Crippen molar-refractivity contribution in [2.75, 3.05) is 6.54 Å². The minimum atomic E-state index is -0.433. The molecule has 1 unspecified atom stereocenters. The molecule has 1 atom stereocenters. The van der Waals surface area contributed by atoms with Crippen LogP contribution in [0.4, 0.5) is 0 Å². The van der Waals surface area contributed by atoms with Gasteiger partial charge < -0.3 is 4.90 Å². The van der Waals surface area contributed by atoms with Crippen LogP contribution in [0.1, 0.15) is 22.5 Å². The van der Waals surface area contributed by atoms with Crippen molar-refractivity contribution in [1.82, 2.24) is 4.90 Å². The standard InChI is InChI=1S/C10H10ClNO2S/c11-9(13)7-3-1-5-12(7)10(14)8-4-2-6-15-8/h2,4,6-7H,1,3,5H2. The lowest BCUT2D eigenvalue weighted by Gasteiger charge is -2.20. The van der Waals surface area contributed by atoms with Crippen LogP contribution in [0, 0.1) is 0 Å². The first-order valence-corrected chi connectivity index (χ1v) is 5.99. The van der Waals surface area contributed by atoms with Crippen LogP contribution in [-0.2, 0) is 4.79 Å². The molecule has 1 fully saturated rings. The van der Waals surface area contributed by atoms with E-state index < -0.39 is 11.3 Å². The van der Waals surface area contributed by atoms with Gasteiger partial charge in [-0.1, -0.05) is 6.07 Å². The number of hydrogen-bond donors (Lipinski definition) is 0. The zero-order valence-electron chi connectivity index (χ0n) is 7.98. The highest BCUT2D eigenvalue weighted by Crippen LogP contribution is 2.23. The first-order valence-electron chi connectivity index (χ1n) is 4.74. The first kappa shape index (κ1) is 10.6. The van der Waals surface area contributed by atoms with Gasteiger partial charge in [0, 0.05) is 6.54 Å². The average molecular weight is 244 g/mol. The van der Waals surface area contributed by atoms with Crippen molar-refractivity contribution in [2.45, 2.75) is 18.9 Å². The number of thiophene rings is 1. The molecule has 0 N–H and O–H groups in total. The Hall–Kier alpha value is -0.870. The molecule has 80 valence electrons. The van der Waals surface area contributed by atoms with E-state index in [9.17, 15) is 9.59 Å². The Morgan fingerprint density at radius 3 is 2.93 bits per heavy atom. The van der Waals surface area contributed by atoms with Gasteiger partial charge in [0.05, 0.1) is 4.88 Å². The maximum atomic E-state index is 11.9. The zero-order valence-corrected chi connectivity index (χ0v) is 9.55. The van der Waals surface area contributed by atoms with Crippen molar-refractivity contribution in [3.8, 4) is 0 Å².